The zero-order chi connectivity index (χ0) is 35.3. The fraction of sp³-hybridized carbons (Fsp3) is 0.514. The highest BCUT2D eigenvalue weighted by Crippen LogP contribution is 2.41. The second kappa shape index (κ2) is 18.6. The average molecular weight is 680 g/mol. The van der Waals surface area contributed by atoms with Crippen molar-refractivity contribution in [2.45, 2.75) is 95.7 Å². The number of nitrogens with zero attached hydrogens (tertiary/aromatic N) is 3. The van der Waals surface area contributed by atoms with Crippen LogP contribution >= 0.6 is 11.8 Å². The SMILES string of the molecule is C=C1N(CC(=O)NC(CC)C(=O)NC2CSc3ccccc3N(CC(=O)O)C2=O)CN(CCc2ccccc2)C1(CCC)CCC.CC. The number of anilines is 1. The van der Waals surface area contributed by atoms with Gasteiger partial charge in [-0.25, -0.2) is 0 Å². The molecule has 2 unspecified atom stereocenters. The van der Waals surface area contributed by atoms with E-state index in [1.54, 1.807) is 19.1 Å². The van der Waals surface area contributed by atoms with Gasteiger partial charge in [0.25, 0.3) is 5.91 Å². The summed E-state index contributed by atoms with van der Waals surface area (Å²) in [6.45, 7) is 15.6. The third-order valence-corrected chi connectivity index (χ3v) is 9.99. The highest BCUT2D eigenvalue weighted by atomic mass is 32.2. The van der Waals surface area contributed by atoms with Crippen LogP contribution in [0.3, 0.4) is 0 Å². The number of amides is 3. The van der Waals surface area contributed by atoms with Crippen molar-refractivity contribution in [3.63, 3.8) is 0 Å². The van der Waals surface area contributed by atoms with Gasteiger partial charge in [0.05, 0.1) is 24.4 Å². The first-order valence-electron chi connectivity index (χ1n) is 17.2. The summed E-state index contributed by atoms with van der Waals surface area (Å²) in [6.07, 6.45) is 5.10. The van der Waals surface area contributed by atoms with Crippen molar-refractivity contribution in [3.8, 4) is 0 Å². The Bertz CT molecular complexity index is 1400. The molecule has 3 N–H and O–H groups in total. The highest BCUT2D eigenvalue weighted by molar-refractivity contribution is 7.99. The molecule has 2 aliphatic rings. The molecule has 1 saturated heterocycles. The second-order valence-electron chi connectivity index (χ2n) is 12.0. The van der Waals surface area contributed by atoms with Crippen LogP contribution < -0.4 is 15.5 Å². The number of carboxylic acid groups (broad SMARTS) is 1. The molecule has 0 radical (unpaired) electrons. The number of benzene rings is 2. The summed E-state index contributed by atoms with van der Waals surface area (Å²) >= 11 is 1.38. The van der Waals surface area contributed by atoms with E-state index in [0.29, 0.717) is 18.8 Å². The van der Waals surface area contributed by atoms with Crippen molar-refractivity contribution < 1.29 is 24.3 Å². The lowest BCUT2D eigenvalue weighted by molar-refractivity contribution is -0.137. The van der Waals surface area contributed by atoms with E-state index in [1.807, 2.05) is 36.9 Å². The van der Waals surface area contributed by atoms with Crippen LogP contribution in [0, 0.1) is 0 Å². The van der Waals surface area contributed by atoms with Crippen LogP contribution in [-0.2, 0) is 25.6 Å². The zero-order valence-electron chi connectivity index (χ0n) is 29.2. The lowest BCUT2D eigenvalue weighted by atomic mass is 9.85. The van der Waals surface area contributed by atoms with Crippen LogP contribution in [0.5, 0.6) is 0 Å². The summed E-state index contributed by atoms with van der Waals surface area (Å²) in [6, 6.07) is 15.7. The van der Waals surface area contributed by atoms with Gasteiger partial charge in [0.2, 0.25) is 11.8 Å². The molecule has 2 aliphatic heterocycles. The number of hydrogen-bond donors (Lipinski definition) is 3. The van der Waals surface area contributed by atoms with Crippen LogP contribution in [0.4, 0.5) is 5.69 Å². The Labute approximate surface area is 290 Å². The highest BCUT2D eigenvalue weighted by Gasteiger charge is 2.46. The molecule has 11 heteroatoms. The van der Waals surface area contributed by atoms with Gasteiger partial charge >= 0.3 is 5.97 Å². The molecular formula is C37H53N5O5S. The number of nitrogens with one attached hydrogen (secondary N) is 2. The number of hydrogen-bond acceptors (Lipinski definition) is 7. The Balaban J connectivity index is 0.00000307. The predicted octanol–water partition coefficient (Wildman–Crippen LogP) is 5.29. The molecule has 2 aromatic carbocycles. The van der Waals surface area contributed by atoms with E-state index in [0.717, 1.165) is 49.2 Å². The molecule has 3 amide bonds. The minimum atomic E-state index is -1.15. The topological polar surface area (TPSA) is 122 Å². The van der Waals surface area contributed by atoms with E-state index in [-0.39, 0.29) is 23.7 Å². The van der Waals surface area contributed by atoms with Gasteiger partial charge in [0, 0.05) is 22.9 Å². The van der Waals surface area contributed by atoms with E-state index in [4.69, 9.17) is 0 Å². The monoisotopic (exact) mass is 679 g/mol. The Kier molecular flexibility index (Phi) is 15.0. The first kappa shape index (κ1) is 38.6. The van der Waals surface area contributed by atoms with E-state index in [1.165, 1.54) is 22.2 Å². The van der Waals surface area contributed by atoms with Gasteiger partial charge in [-0.05, 0) is 43.4 Å². The van der Waals surface area contributed by atoms with Gasteiger partial charge in [-0.3, -0.25) is 29.0 Å². The molecule has 262 valence electrons. The molecule has 0 spiro atoms. The molecule has 1 fully saturated rings. The molecule has 0 aromatic heterocycles. The third-order valence-electron chi connectivity index (χ3n) is 8.84. The lowest BCUT2D eigenvalue weighted by Gasteiger charge is -2.38. The molecule has 48 heavy (non-hydrogen) atoms. The molecule has 4 rings (SSSR count). The Morgan fingerprint density at radius 2 is 1.65 bits per heavy atom. The van der Waals surface area contributed by atoms with Gasteiger partial charge in [-0.1, -0.05) is 96.5 Å². The van der Waals surface area contributed by atoms with Gasteiger partial charge in [0.15, 0.2) is 0 Å². The first-order valence-corrected chi connectivity index (χ1v) is 18.2. The normalized spacial score (nSPS) is 17.9. The van der Waals surface area contributed by atoms with Crippen molar-refractivity contribution >= 4 is 41.1 Å². The number of para-hydroxylation sites is 1. The molecule has 10 nitrogen and oxygen atoms in total. The second-order valence-corrected chi connectivity index (χ2v) is 13.1. The van der Waals surface area contributed by atoms with Crippen molar-refractivity contribution in [2.75, 3.05) is 37.0 Å². The number of rotatable bonds is 15. The van der Waals surface area contributed by atoms with Crippen LogP contribution in [0.15, 0.2) is 71.8 Å². The molecule has 2 heterocycles. The predicted molar refractivity (Wildman–Crippen MR) is 193 cm³/mol. The number of carboxylic acids is 1. The molecular weight excluding hydrogens is 627 g/mol. The van der Waals surface area contributed by atoms with E-state index >= 15 is 0 Å². The van der Waals surface area contributed by atoms with Crippen molar-refractivity contribution in [1.82, 2.24) is 20.4 Å². The number of thioether (sulfide) groups is 1. The summed E-state index contributed by atoms with van der Waals surface area (Å²) in [7, 11) is 0. The first-order chi connectivity index (χ1) is 23.1. The number of carbonyl (C=O) groups is 4. The molecule has 2 aromatic rings. The Morgan fingerprint density at radius 1 is 1.00 bits per heavy atom. The zero-order valence-corrected chi connectivity index (χ0v) is 30.0. The number of carbonyl (C=O) groups excluding carboxylic acids is 3. The van der Waals surface area contributed by atoms with Gasteiger partial charge in [-0.15, -0.1) is 11.8 Å². The van der Waals surface area contributed by atoms with Crippen LogP contribution in [0.1, 0.15) is 72.3 Å². The van der Waals surface area contributed by atoms with Crippen molar-refractivity contribution in [1.29, 1.82) is 0 Å². The standard InChI is InChI=1S/C35H47N5O5S.C2H6/c1-5-18-35(19-6-2)25(4)38(24-39(35)20-17-26-13-9-8-10-14-26)21-31(41)36-27(7-3)33(44)37-28-23-46-30-16-12-11-15-29(30)40(34(28)45)22-32(42)43;1-2/h8-16,27-28H,4-7,17-24H2,1-3H3,(H,36,41)(H,37,44)(H,42,43);1-2H3. The maximum Gasteiger partial charge on any atom is 0.323 e. The minimum Gasteiger partial charge on any atom is -0.480 e. The number of fused-ring (bicyclic) bond motifs is 1. The van der Waals surface area contributed by atoms with Crippen LogP contribution in [-0.4, -0.2) is 88.3 Å². The average Bonchev–Trinajstić information content (AvgIpc) is 3.25. The van der Waals surface area contributed by atoms with Gasteiger partial charge < -0.3 is 20.6 Å². The van der Waals surface area contributed by atoms with Gasteiger partial charge in [0.1, 0.15) is 18.6 Å². The number of aliphatic carboxylic acids is 1. The minimum absolute atomic E-state index is 0.0690. The summed E-state index contributed by atoms with van der Waals surface area (Å²) in [5.74, 6) is -2.18. The van der Waals surface area contributed by atoms with Crippen molar-refractivity contribution in [2.24, 2.45) is 0 Å². The lowest BCUT2D eigenvalue weighted by Crippen LogP contribution is -2.56. The van der Waals surface area contributed by atoms with E-state index in [2.05, 4.69) is 60.2 Å². The molecule has 0 bridgehead atoms. The Morgan fingerprint density at radius 3 is 2.27 bits per heavy atom. The largest absolute Gasteiger partial charge is 0.480 e. The molecule has 2 atom stereocenters. The fourth-order valence-electron chi connectivity index (χ4n) is 6.59. The maximum atomic E-state index is 13.4. The Hall–Kier alpha value is -3.83. The fourth-order valence-corrected chi connectivity index (χ4v) is 7.67. The summed E-state index contributed by atoms with van der Waals surface area (Å²) in [4.78, 5) is 58.3. The summed E-state index contributed by atoms with van der Waals surface area (Å²) < 4.78 is 0. The van der Waals surface area contributed by atoms with Crippen LogP contribution in [0.2, 0.25) is 0 Å². The van der Waals surface area contributed by atoms with E-state index < -0.39 is 36.4 Å². The smallest absolute Gasteiger partial charge is 0.323 e. The molecule has 0 saturated carbocycles. The molecule has 0 aliphatic carbocycles. The summed E-state index contributed by atoms with van der Waals surface area (Å²) in [5, 5.41) is 15.1. The van der Waals surface area contributed by atoms with E-state index in [9.17, 15) is 24.3 Å². The summed E-state index contributed by atoms with van der Waals surface area (Å²) in [5.41, 5.74) is 2.49. The third kappa shape index (κ3) is 9.41. The van der Waals surface area contributed by atoms with Crippen molar-refractivity contribution in [3.05, 3.63) is 72.4 Å². The maximum absolute atomic E-state index is 13.4. The van der Waals surface area contributed by atoms with Gasteiger partial charge in [-0.2, -0.15) is 0 Å². The quantitative estimate of drug-likeness (QED) is 0.232. The van der Waals surface area contributed by atoms with Crippen LogP contribution in [0.25, 0.3) is 0 Å².